The van der Waals surface area contributed by atoms with Gasteiger partial charge in [-0.25, -0.2) is 4.79 Å². The molecule has 3 rings (SSSR count). The molecule has 25 heavy (non-hydrogen) atoms. The van der Waals surface area contributed by atoms with Gasteiger partial charge in [0.05, 0.1) is 12.2 Å². The van der Waals surface area contributed by atoms with E-state index in [0.29, 0.717) is 25.3 Å². The van der Waals surface area contributed by atoms with Gasteiger partial charge in [-0.3, -0.25) is 0 Å². The summed E-state index contributed by atoms with van der Waals surface area (Å²) in [4.78, 5) is 15.3. The molecule has 0 saturated carbocycles. The standard InChI is InChI=1S/C20H22N2O3/c1-2-24-20(23)17-6-4-3-5-15(17)13-25-16-7-8-19-18(11-16)14(9-10-21)12-22-19/h3-8,11-12,22H,2,9-10,13,21H2,1H3. The number of hydrogen-bond acceptors (Lipinski definition) is 4. The van der Waals surface area contributed by atoms with E-state index in [0.717, 1.165) is 28.6 Å². The van der Waals surface area contributed by atoms with Gasteiger partial charge in [-0.05, 0) is 49.7 Å². The van der Waals surface area contributed by atoms with Crippen molar-refractivity contribution in [3.05, 3.63) is 65.4 Å². The molecule has 0 aliphatic carbocycles. The molecule has 0 aliphatic heterocycles. The molecule has 130 valence electrons. The largest absolute Gasteiger partial charge is 0.489 e. The van der Waals surface area contributed by atoms with Gasteiger partial charge in [-0.2, -0.15) is 0 Å². The number of aromatic nitrogens is 1. The molecule has 0 amide bonds. The molecule has 2 aromatic carbocycles. The number of aromatic amines is 1. The summed E-state index contributed by atoms with van der Waals surface area (Å²) < 4.78 is 11.0. The van der Waals surface area contributed by atoms with Crippen molar-refractivity contribution in [2.24, 2.45) is 5.73 Å². The number of ether oxygens (including phenoxy) is 2. The van der Waals surface area contributed by atoms with E-state index < -0.39 is 0 Å². The van der Waals surface area contributed by atoms with Gasteiger partial charge in [-0.15, -0.1) is 0 Å². The lowest BCUT2D eigenvalue weighted by molar-refractivity contribution is 0.0523. The van der Waals surface area contributed by atoms with Crippen LogP contribution in [-0.4, -0.2) is 24.1 Å². The van der Waals surface area contributed by atoms with Crippen LogP contribution in [0.3, 0.4) is 0 Å². The normalized spacial score (nSPS) is 10.8. The minimum atomic E-state index is -0.326. The number of rotatable bonds is 7. The van der Waals surface area contributed by atoms with Gasteiger partial charge in [0.15, 0.2) is 0 Å². The summed E-state index contributed by atoms with van der Waals surface area (Å²) in [6, 6.07) is 13.2. The fourth-order valence-corrected chi connectivity index (χ4v) is 2.82. The van der Waals surface area contributed by atoms with Gasteiger partial charge in [0, 0.05) is 22.7 Å². The Morgan fingerprint density at radius 1 is 1.16 bits per heavy atom. The third kappa shape index (κ3) is 3.83. The van der Waals surface area contributed by atoms with Gasteiger partial charge in [0.25, 0.3) is 0 Å². The maximum absolute atomic E-state index is 12.0. The van der Waals surface area contributed by atoms with Crippen molar-refractivity contribution in [3.63, 3.8) is 0 Å². The van der Waals surface area contributed by atoms with Crippen molar-refractivity contribution in [2.45, 2.75) is 20.0 Å². The first-order chi connectivity index (χ1) is 12.2. The Morgan fingerprint density at radius 2 is 2.00 bits per heavy atom. The zero-order valence-electron chi connectivity index (χ0n) is 14.2. The van der Waals surface area contributed by atoms with Crippen molar-refractivity contribution in [1.82, 2.24) is 4.98 Å². The lowest BCUT2D eigenvalue weighted by atomic mass is 10.1. The van der Waals surface area contributed by atoms with Gasteiger partial charge in [0.2, 0.25) is 0 Å². The molecule has 0 atom stereocenters. The van der Waals surface area contributed by atoms with E-state index in [2.05, 4.69) is 4.98 Å². The Kier molecular flexibility index (Phi) is 5.36. The van der Waals surface area contributed by atoms with Gasteiger partial charge in [0.1, 0.15) is 12.4 Å². The molecule has 0 aliphatic rings. The second-order valence-corrected chi connectivity index (χ2v) is 5.73. The van der Waals surface area contributed by atoms with E-state index in [9.17, 15) is 4.79 Å². The van der Waals surface area contributed by atoms with E-state index in [4.69, 9.17) is 15.2 Å². The maximum atomic E-state index is 12.0. The van der Waals surface area contributed by atoms with Gasteiger partial charge in [-0.1, -0.05) is 18.2 Å². The van der Waals surface area contributed by atoms with Crippen LogP contribution < -0.4 is 10.5 Å². The number of nitrogens with one attached hydrogen (secondary N) is 1. The molecule has 1 heterocycles. The minimum Gasteiger partial charge on any atom is -0.489 e. The molecule has 0 unspecified atom stereocenters. The highest BCUT2D eigenvalue weighted by Crippen LogP contribution is 2.25. The molecule has 0 radical (unpaired) electrons. The van der Waals surface area contributed by atoms with Crippen LogP contribution in [0.5, 0.6) is 5.75 Å². The number of hydrogen-bond donors (Lipinski definition) is 2. The van der Waals surface area contributed by atoms with Crippen LogP contribution in [0.15, 0.2) is 48.7 Å². The average molecular weight is 338 g/mol. The lowest BCUT2D eigenvalue weighted by Gasteiger charge is -2.11. The minimum absolute atomic E-state index is 0.303. The van der Waals surface area contributed by atoms with Gasteiger partial charge < -0.3 is 20.2 Å². The van der Waals surface area contributed by atoms with E-state index in [1.165, 1.54) is 5.56 Å². The van der Waals surface area contributed by atoms with E-state index in [1.807, 2.05) is 42.6 Å². The molecular weight excluding hydrogens is 316 g/mol. The molecule has 0 fully saturated rings. The summed E-state index contributed by atoms with van der Waals surface area (Å²) in [5, 5.41) is 1.11. The Balaban J connectivity index is 1.79. The number of carbonyl (C=O) groups is 1. The monoisotopic (exact) mass is 338 g/mol. The summed E-state index contributed by atoms with van der Waals surface area (Å²) in [6.45, 7) is 3.05. The predicted molar refractivity (Wildman–Crippen MR) is 97.8 cm³/mol. The van der Waals surface area contributed by atoms with Crippen molar-refractivity contribution >= 4 is 16.9 Å². The fourth-order valence-electron chi connectivity index (χ4n) is 2.82. The quantitative estimate of drug-likeness (QED) is 0.647. The fraction of sp³-hybridized carbons (Fsp3) is 0.250. The zero-order valence-corrected chi connectivity index (χ0v) is 14.2. The molecule has 1 aromatic heterocycles. The molecule has 0 bridgehead atoms. The molecule has 3 aromatic rings. The Morgan fingerprint density at radius 3 is 2.80 bits per heavy atom. The van der Waals surface area contributed by atoms with Gasteiger partial charge >= 0.3 is 5.97 Å². The highest BCUT2D eigenvalue weighted by molar-refractivity contribution is 5.91. The van der Waals surface area contributed by atoms with E-state index in [-0.39, 0.29) is 5.97 Å². The average Bonchev–Trinajstić information content (AvgIpc) is 3.03. The number of carbonyl (C=O) groups excluding carboxylic acids is 1. The third-order valence-corrected chi connectivity index (χ3v) is 4.06. The van der Waals surface area contributed by atoms with Crippen molar-refractivity contribution < 1.29 is 14.3 Å². The maximum Gasteiger partial charge on any atom is 0.338 e. The summed E-state index contributed by atoms with van der Waals surface area (Å²) in [5.74, 6) is 0.428. The van der Waals surface area contributed by atoms with Crippen LogP contribution in [0.4, 0.5) is 0 Å². The first-order valence-electron chi connectivity index (χ1n) is 8.40. The second-order valence-electron chi connectivity index (χ2n) is 5.73. The predicted octanol–water partition coefficient (Wildman–Crippen LogP) is 3.42. The van der Waals surface area contributed by atoms with E-state index >= 15 is 0 Å². The van der Waals surface area contributed by atoms with Crippen molar-refractivity contribution in [2.75, 3.05) is 13.2 Å². The van der Waals surface area contributed by atoms with Crippen molar-refractivity contribution in [1.29, 1.82) is 0 Å². The van der Waals surface area contributed by atoms with Crippen molar-refractivity contribution in [3.8, 4) is 5.75 Å². The molecule has 0 spiro atoms. The number of benzene rings is 2. The summed E-state index contributed by atoms with van der Waals surface area (Å²) in [6.07, 6.45) is 2.80. The van der Waals surface area contributed by atoms with Crippen LogP contribution in [0, 0.1) is 0 Å². The zero-order chi connectivity index (χ0) is 17.6. The highest BCUT2D eigenvalue weighted by Gasteiger charge is 2.12. The topological polar surface area (TPSA) is 77.3 Å². The second kappa shape index (κ2) is 7.85. The van der Waals surface area contributed by atoms with Crippen LogP contribution in [0.2, 0.25) is 0 Å². The number of nitrogens with two attached hydrogens (primary N) is 1. The SMILES string of the molecule is CCOC(=O)c1ccccc1COc1ccc2[nH]cc(CCN)c2c1. The molecule has 0 saturated heterocycles. The number of esters is 1. The van der Waals surface area contributed by atoms with Crippen LogP contribution in [0.1, 0.15) is 28.4 Å². The molecule has 5 nitrogen and oxygen atoms in total. The van der Waals surface area contributed by atoms with Crippen LogP contribution in [0.25, 0.3) is 10.9 Å². The van der Waals surface area contributed by atoms with E-state index in [1.54, 1.807) is 13.0 Å². The molecule has 3 N–H and O–H groups in total. The third-order valence-electron chi connectivity index (χ3n) is 4.06. The summed E-state index contributed by atoms with van der Waals surface area (Å²) in [7, 11) is 0. The molecular formula is C20H22N2O3. The molecule has 5 heteroatoms. The summed E-state index contributed by atoms with van der Waals surface area (Å²) >= 11 is 0. The first kappa shape index (κ1) is 17.0. The highest BCUT2D eigenvalue weighted by atomic mass is 16.5. The first-order valence-corrected chi connectivity index (χ1v) is 8.40. The van der Waals surface area contributed by atoms with Crippen LogP contribution in [-0.2, 0) is 17.8 Å². The van der Waals surface area contributed by atoms with Crippen LogP contribution >= 0.6 is 0 Å². The summed E-state index contributed by atoms with van der Waals surface area (Å²) in [5.41, 5.74) is 9.24. The lowest BCUT2D eigenvalue weighted by Crippen LogP contribution is -2.09. The Bertz CT molecular complexity index is 870. The smallest absolute Gasteiger partial charge is 0.338 e. The Labute approximate surface area is 146 Å². The Hall–Kier alpha value is -2.79. The number of H-pyrrole nitrogens is 1. The number of fused-ring (bicyclic) bond motifs is 1.